The minimum absolute atomic E-state index is 0.182. The SMILES string of the molecule is CCOc1cc(C=Nn2c(C3CCCCC3)nc3ccccc3c2=O)cc(I)c1OCC(=O)Nc1ccc(Cl)cc1. The molecule has 0 atom stereocenters. The fraction of sp³-hybridized carbons (Fsp3) is 0.290. The van der Waals surface area contributed by atoms with Crippen LogP contribution in [0.2, 0.25) is 5.02 Å². The highest BCUT2D eigenvalue weighted by Gasteiger charge is 2.22. The highest BCUT2D eigenvalue weighted by atomic mass is 127. The number of nitrogens with zero attached hydrogens (tertiary/aromatic N) is 3. The molecule has 0 radical (unpaired) electrons. The monoisotopic (exact) mass is 684 g/mol. The van der Waals surface area contributed by atoms with Gasteiger partial charge in [0, 0.05) is 16.6 Å². The predicted octanol–water partition coefficient (Wildman–Crippen LogP) is 7.00. The number of amides is 1. The van der Waals surface area contributed by atoms with E-state index in [1.807, 2.05) is 31.2 Å². The number of para-hydroxylation sites is 1. The van der Waals surface area contributed by atoms with E-state index in [-0.39, 0.29) is 24.0 Å². The molecule has 0 bridgehead atoms. The van der Waals surface area contributed by atoms with Crippen LogP contribution in [0.4, 0.5) is 5.69 Å². The van der Waals surface area contributed by atoms with Crippen molar-refractivity contribution in [2.75, 3.05) is 18.5 Å². The van der Waals surface area contributed by atoms with Gasteiger partial charge >= 0.3 is 0 Å². The third-order valence-electron chi connectivity index (χ3n) is 6.88. The molecule has 10 heteroatoms. The zero-order chi connectivity index (χ0) is 28.8. The first-order valence-corrected chi connectivity index (χ1v) is 15.1. The van der Waals surface area contributed by atoms with Crippen LogP contribution in [-0.2, 0) is 4.79 Å². The molecule has 1 aromatic heterocycles. The normalized spacial score (nSPS) is 13.9. The van der Waals surface area contributed by atoms with Crippen molar-refractivity contribution < 1.29 is 14.3 Å². The lowest BCUT2D eigenvalue weighted by atomic mass is 9.88. The number of rotatable bonds is 9. The first kappa shape index (κ1) is 29.1. The molecule has 1 N–H and O–H groups in total. The molecule has 0 aliphatic heterocycles. The van der Waals surface area contributed by atoms with Crippen molar-refractivity contribution >= 4 is 62.9 Å². The van der Waals surface area contributed by atoms with Crippen LogP contribution >= 0.6 is 34.2 Å². The van der Waals surface area contributed by atoms with Gasteiger partial charge in [0.15, 0.2) is 18.1 Å². The van der Waals surface area contributed by atoms with Gasteiger partial charge in [-0.05, 0) is 96.5 Å². The Bertz CT molecular complexity index is 1630. The minimum atomic E-state index is -0.311. The van der Waals surface area contributed by atoms with E-state index in [2.05, 4.69) is 33.0 Å². The van der Waals surface area contributed by atoms with Gasteiger partial charge in [0.25, 0.3) is 11.5 Å². The van der Waals surface area contributed by atoms with Gasteiger partial charge in [-0.1, -0.05) is 43.0 Å². The van der Waals surface area contributed by atoms with E-state index < -0.39 is 0 Å². The van der Waals surface area contributed by atoms with Gasteiger partial charge in [0.1, 0.15) is 5.82 Å². The van der Waals surface area contributed by atoms with E-state index >= 15 is 0 Å². The highest BCUT2D eigenvalue weighted by Crippen LogP contribution is 2.34. The second-order valence-electron chi connectivity index (χ2n) is 9.79. The lowest BCUT2D eigenvalue weighted by molar-refractivity contribution is -0.118. The first-order chi connectivity index (χ1) is 19.9. The van der Waals surface area contributed by atoms with Crippen LogP contribution < -0.4 is 20.3 Å². The van der Waals surface area contributed by atoms with Crippen molar-refractivity contribution in [3.8, 4) is 11.5 Å². The van der Waals surface area contributed by atoms with Crippen molar-refractivity contribution in [3.63, 3.8) is 0 Å². The molecule has 4 aromatic rings. The van der Waals surface area contributed by atoms with Gasteiger partial charge in [0.2, 0.25) is 0 Å². The lowest BCUT2D eigenvalue weighted by Gasteiger charge is -2.22. The zero-order valence-electron chi connectivity index (χ0n) is 22.6. The van der Waals surface area contributed by atoms with E-state index in [1.165, 1.54) is 11.1 Å². The number of hydrogen-bond acceptors (Lipinski definition) is 6. The van der Waals surface area contributed by atoms with Crippen LogP contribution in [0.3, 0.4) is 0 Å². The summed E-state index contributed by atoms with van der Waals surface area (Å²) in [5, 5.41) is 8.55. The number of aromatic nitrogens is 2. The van der Waals surface area contributed by atoms with Crippen LogP contribution in [0.5, 0.6) is 11.5 Å². The highest BCUT2D eigenvalue weighted by molar-refractivity contribution is 14.1. The second kappa shape index (κ2) is 13.5. The topological polar surface area (TPSA) is 94.8 Å². The Labute approximate surface area is 256 Å². The fourth-order valence-electron chi connectivity index (χ4n) is 4.94. The van der Waals surface area contributed by atoms with Crippen molar-refractivity contribution in [3.05, 3.63) is 91.0 Å². The summed E-state index contributed by atoms with van der Waals surface area (Å²) in [7, 11) is 0. The number of hydrogen-bond donors (Lipinski definition) is 1. The van der Waals surface area contributed by atoms with Gasteiger partial charge in [-0.3, -0.25) is 9.59 Å². The molecule has 41 heavy (non-hydrogen) atoms. The van der Waals surface area contributed by atoms with Gasteiger partial charge in [-0.25, -0.2) is 4.98 Å². The van der Waals surface area contributed by atoms with E-state index in [4.69, 9.17) is 26.1 Å². The smallest absolute Gasteiger partial charge is 0.282 e. The molecule has 1 saturated carbocycles. The van der Waals surface area contributed by atoms with Crippen LogP contribution in [0.25, 0.3) is 10.9 Å². The Balaban J connectivity index is 1.41. The maximum absolute atomic E-state index is 13.5. The largest absolute Gasteiger partial charge is 0.490 e. The molecule has 8 nitrogen and oxygen atoms in total. The van der Waals surface area contributed by atoms with E-state index in [0.717, 1.165) is 34.8 Å². The zero-order valence-corrected chi connectivity index (χ0v) is 25.5. The fourth-order valence-corrected chi connectivity index (χ4v) is 5.84. The number of carbonyl (C=O) groups is 1. The molecule has 5 rings (SSSR count). The lowest BCUT2D eigenvalue weighted by Crippen LogP contribution is -2.25. The molecule has 1 aliphatic rings. The summed E-state index contributed by atoms with van der Waals surface area (Å²) in [5.41, 5.74) is 1.86. The molecule has 1 amide bonds. The van der Waals surface area contributed by atoms with Crippen LogP contribution in [0.15, 0.2) is 70.6 Å². The summed E-state index contributed by atoms with van der Waals surface area (Å²) in [5.74, 6) is 1.53. The number of halogens is 2. The number of benzene rings is 3. The number of nitrogens with one attached hydrogen (secondary N) is 1. The number of anilines is 1. The Morgan fingerprint density at radius 2 is 1.88 bits per heavy atom. The van der Waals surface area contributed by atoms with Crippen molar-refractivity contribution in [2.24, 2.45) is 5.10 Å². The third-order valence-corrected chi connectivity index (χ3v) is 7.93. The summed E-state index contributed by atoms with van der Waals surface area (Å²) in [6.07, 6.45) is 7.06. The third kappa shape index (κ3) is 7.08. The first-order valence-electron chi connectivity index (χ1n) is 13.6. The standard InChI is InChI=1S/C31H30ClIN4O4/c1-2-40-27-17-20(16-25(33)29(27)41-19-28(38)35-23-14-12-22(32)13-15-23)18-34-37-30(21-8-4-3-5-9-21)36-26-11-7-6-10-24(26)31(37)39/h6-7,10-18,21H,2-5,8-9,19H2,1H3,(H,35,38). The molecule has 1 fully saturated rings. The molecule has 212 valence electrons. The number of fused-ring (bicyclic) bond motifs is 1. The molecule has 0 saturated heterocycles. The maximum atomic E-state index is 13.5. The van der Waals surface area contributed by atoms with Crippen molar-refractivity contribution in [1.29, 1.82) is 0 Å². The Kier molecular flexibility index (Phi) is 9.56. The van der Waals surface area contributed by atoms with Gasteiger partial charge in [-0.15, -0.1) is 0 Å². The summed E-state index contributed by atoms with van der Waals surface area (Å²) in [6.45, 7) is 2.08. The van der Waals surface area contributed by atoms with Crippen LogP contribution in [-0.4, -0.2) is 35.0 Å². The average Bonchev–Trinajstić information content (AvgIpc) is 2.98. The van der Waals surface area contributed by atoms with Gasteiger partial charge in [-0.2, -0.15) is 9.78 Å². The van der Waals surface area contributed by atoms with Gasteiger partial charge in [0.05, 0.1) is 27.3 Å². The summed E-state index contributed by atoms with van der Waals surface area (Å²) in [4.78, 5) is 30.9. The molecule has 1 aliphatic carbocycles. The Hall–Kier alpha value is -3.44. The molecular formula is C31H30ClIN4O4. The Morgan fingerprint density at radius 1 is 1.12 bits per heavy atom. The summed E-state index contributed by atoms with van der Waals surface area (Å²) < 4.78 is 13.9. The average molecular weight is 685 g/mol. The van der Waals surface area contributed by atoms with Crippen molar-refractivity contribution in [1.82, 2.24) is 9.66 Å². The van der Waals surface area contributed by atoms with Crippen molar-refractivity contribution in [2.45, 2.75) is 44.9 Å². The van der Waals surface area contributed by atoms with E-state index in [9.17, 15) is 9.59 Å². The molecule has 0 unspecified atom stereocenters. The minimum Gasteiger partial charge on any atom is -0.490 e. The molecule has 0 spiro atoms. The molecular weight excluding hydrogens is 655 g/mol. The number of carbonyl (C=O) groups excluding carboxylic acids is 1. The number of ether oxygens (including phenoxy) is 2. The van der Waals surface area contributed by atoms with Crippen LogP contribution in [0, 0.1) is 3.57 Å². The van der Waals surface area contributed by atoms with Crippen LogP contribution in [0.1, 0.15) is 56.3 Å². The van der Waals surface area contributed by atoms with Gasteiger partial charge < -0.3 is 14.8 Å². The molecule has 3 aromatic carbocycles. The molecule has 1 heterocycles. The predicted molar refractivity (Wildman–Crippen MR) is 171 cm³/mol. The summed E-state index contributed by atoms with van der Waals surface area (Å²) >= 11 is 8.06. The maximum Gasteiger partial charge on any atom is 0.282 e. The van der Waals surface area contributed by atoms with E-state index in [0.29, 0.717) is 45.5 Å². The Morgan fingerprint density at radius 3 is 2.63 bits per heavy atom. The quantitative estimate of drug-likeness (QED) is 0.151. The summed E-state index contributed by atoms with van der Waals surface area (Å²) in [6, 6.07) is 17.9. The van der Waals surface area contributed by atoms with E-state index in [1.54, 1.807) is 42.6 Å². The second-order valence-corrected chi connectivity index (χ2v) is 11.4.